The maximum absolute atomic E-state index is 14.3. The normalized spacial score (nSPS) is 10.9. The summed E-state index contributed by atoms with van der Waals surface area (Å²) in [7, 11) is 0. The minimum absolute atomic E-state index is 0.236. The third-order valence-electron chi connectivity index (χ3n) is 3.99. The lowest BCUT2D eigenvalue weighted by atomic mass is 10.1. The van der Waals surface area contributed by atoms with E-state index in [2.05, 4.69) is 21.0 Å². The van der Waals surface area contributed by atoms with Crippen molar-refractivity contribution in [1.29, 1.82) is 0 Å². The summed E-state index contributed by atoms with van der Waals surface area (Å²) in [6, 6.07) is 8.87. The number of aromatic nitrogens is 3. The first-order valence-electron chi connectivity index (χ1n) is 8.18. The second-order valence-electron chi connectivity index (χ2n) is 5.72. The number of carbonyl (C=O) groups is 1. The van der Waals surface area contributed by atoms with Crippen LogP contribution < -0.4 is 16.2 Å². The standard InChI is InChI=1S/C18H15BrF2N4O3/c1-2-24-14(23-25(18(24)27)11-5-3-10(19)4-6-11)9-28-13-8-7-12(20)15(16(13)21)17(22)26/h3-8H,2,9H2,1H3,(H2,22,26). The highest BCUT2D eigenvalue weighted by Gasteiger charge is 2.20. The van der Waals surface area contributed by atoms with E-state index in [0.29, 0.717) is 12.2 Å². The smallest absolute Gasteiger partial charge is 0.350 e. The van der Waals surface area contributed by atoms with Crippen LogP contribution in [0.5, 0.6) is 5.75 Å². The lowest BCUT2D eigenvalue weighted by Crippen LogP contribution is -2.24. The third-order valence-corrected chi connectivity index (χ3v) is 4.51. The van der Waals surface area contributed by atoms with Crippen LogP contribution in [-0.4, -0.2) is 20.3 Å². The molecule has 0 aliphatic rings. The third kappa shape index (κ3) is 3.68. The van der Waals surface area contributed by atoms with Gasteiger partial charge >= 0.3 is 5.69 Å². The fourth-order valence-corrected chi connectivity index (χ4v) is 2.89. The van der Waals surface area contributed by atoms with Crippen LogP contribution in [0.1, 0.15) is 23.1 Å². The second kappa shape index (κ2) is 7.93. The van der Waals surface area contributed by atoms with Crippen LogP contribution in [0.4, 0.5) is 8.78 Å². The van der Waals surface area contributed by atoms with Gasteiger partial charge < -0.3 is 10.5 Å². The molecule has 0 radical (unpaired) electrons. The van der Waals surface area contributed by atoms with E-state index in [1.807, 2.05) is 0 Å². The maximum Gasteiger partial charge on any atom is 0.350 e. The number of benzene rings is 2. The Hall–Kier alpha value is -3.01. The molecule has 0 aliphatic heterocycles. The van der Waals surface area contributed by atoms with E-state index in [1.54, 1.807) is 31.2 Å². The van der Waals surface area contributed by atoms with Crippen LogP contribution in [0.2, 0.25) is 0 Å². The Morgan fingerprint density at radius 1 is 1.21 bits per heavy atom. The van der Waals surface area contributed by atoms with Gasteiger partial charge in [-0.2, -0.15) is 4.68 Å². The van der Waals surface area contributed by atoms with Gasteiger partial charge in [0, 0.05) is 11.0 Å². The van der Waals surface area contributed by atoms with E-state index >= 15 is 0 Å². The van der Waals surface area contributed by atoms with Gasteiger partial charge in [0.2, 0.25) is 0 Å². The van der Waals surface area contributed by atoms with Crippen LogP contribution in [0.25, 0.3) is 5.69 Å². The zero-order valence-corrected chi connectivity index (χ0v) is 16.2. The van der Waals surface area contributed by atoms with Crippen molar-refractivity contribution in [1.82, 2.24) is 14.3 Å². The topological polar surface area (TPSA) is 92.1 Å². The van der Waals surface area contributed by atoms with Gasteiger partial charge in [0.15, 0.2) is 17.4 Å². The van der Waals surface area contributed by atoms with Crippen molar-refractivity contribution in [2.75, 3.05) is 0 Å². The number of halogens is 3. The fraction of sp³-hybridized carbons (Fsp3) is 0.167. The monoisotopic (exact) mass is 452 g/mol. The molecule has 0 saturated heterocycles. The molecule has 2 aromatic carbocycles. The largest absolute Gasteiger partial charge is 0.482 e. The lowest BCUT2D eigenvalue weighted by molar-refractivity contribution is 0.0991. The van der Waals surface area contributed by atoms with E-state index in [-0.39, 0.29) is 23.9 Å². The van der Waals surface area contributed by atoms with Gasteiger partial charge in [-0.15, -0.1) is 5.10 Å². The molecule has 0 saturated carbocycles. The molecule has 1 amide bonds. The molecule has 7 nitrogen and oxygen atoms in total. The molecule has 1 heterocycles. The lowest BCUT2D eigenvalue weighted by Gasteiger charge is -2.09. The first-order chi connectivity index (χ1) is 13.3. The number of ether oxygens (including phenoxy) is 1. The van der Waals surface area contributed by atoms with Crippen molar-refractivity contribution < 1.29 is 18.3 Å². The molecule has 0 unspecified atom stereocenters. The molecule has 0 aliphatic carbocycles. The molecule has 0 spiro atoms. The van der Waals surface area contributed by atoms with Gasteiger partial charge in [-0.25, -0.2) is 13.6 Å². The first-order valence-corrected chi connectivity index (χ1v) is 8.98. The molecule has 0 fully saturated rings. The Labute approximate surface area is 166 Å². The number of nitrogens with zero attached hydrogens (tertiary/aromatic N) is 3. The molecule has 3 rings (SSSR count). The van der Waals surface area contributed by atoms with Crippen LogP contribution >= 0.6 is 15.9 Å². The second-order valence-corrected chi connectivity index (χ2v) is 6.63. The Morgan fingerprint density at radius 3 is 2.50 bits per heavy atom. The summed E-state index contributed by atoms with van der Waals surface area (Å²) < 4.78 is 36.6. The Kier molecular flexibility index (Phi) is 5.59. The summed E-state index contributed by atoms with van der Waals surface area (Å²) >= 11 is 3.32. The van der Waals surface area contributed by atoms with E-state index in [4.69, 9.17) is 10.5 Å². The predicted octanol–water partition coefficient (Wildman–Crippen LogP) is 2.77. The molecule has 2 N–H and O–H groups in total. The van der Waals surface area contributed by atoms with Crippen molar-refractivity contribution in [3.05, 3.63) is 74.4 Å². The molecule has 1 aromatic heterocycles. The molecule has 0 atom stereocenters. The van der Waals surface area contributed by atoms with Crippen molar-refractivity contribution >= 4 is 21.8 Å². The van der Waals surface area contributed by atoms with Crippen molar-refractivity contribution in [3.63, 3.8) is 0 Å². The maximum atomic E-state index is 14.3. The average molecular weight is 453 g/mol. The SMILES string of the molecule is CCn1c(COc2ccc(F)c(C(N)=O)c2F)nn(-c2ccc(Br)cc2)c1=O. The number of carbonyl (C=O) groups excluding carboxylic acids is 1. The van der Waals surface area contributed by atoms with Crippen molar-refractivity contribution in [2.45, 2.75) is 20.1 Å². The molecule has 28 heavy (non-hydrogen) atoms. The zero-order chi connectivity index (χ0) is 20.4. The highest BCUT2D eigenvalue weighted by atomic mass is 79.9. The first kappa shape index (κ1) is 19.7. The summed E-state index contributed by atoms with van der Waals surface area (Å²) in [6.45, 7) is 1.79. The number of primary amides is 1. The van der Waals surface area contributed by atoms with Crippen LogP contribution in [-0.2, 0) is 13.2 Å². The molecule has 146 valence electrons. The summed E-state index contributed by atoms with van der Waals surface area (Å²) in [4.78, 5) is 23.8. The molecular weight excluding hydrogens is 438 g/mol. The van der Waals surface area contributed by atoms with Gasteiger partial charge in [-0.1, -0.05) is 15.9 Å². The molecule has 10 heteroatoms. The number of amides is 1. The van der Waals surface area contributed by atoms with Crippen LogP contribution in [0.3, 0.4) is 0 Å². The van der Waals surface area contributed by atoms with Crippen LogP contribution in [0, 0.1) is 11.6 Å². The molecular formula is C18H15BrF2N4O3. The van der Waals surface area contributed by atoms with Crippen molar-refractivity contribution in [2.24, 2.45) is 5.73 Å². The Balaban J connectivity index is 1.93. The quantitative estimate of drug-likeness (QED) is 0.622. The minimum Gasteiger partial charge on any atom is -0.482 e. The molecule has 0 bridgehead atoms. The molecule has 3 aromatic rings. The van der Waals surface area contributed by atoms with Crippen molar-refractivity contribution in [3.8, 4) is 11.4 Å². The summed E-state index contributed by atoms with van der Waals surface area (Å²) in [5.41, 5.74) is 4.27. The number of rotatable bonds is 6. The van der Waals surface area contributed by atoms with E-state index in [0.717, 1.165) is 16.6 Å². The minimum atomic E-state index is -1.24. The Bertz CT molecular complexity index is 1090. The summed E-state index contributed by atoms with van der Waals surface area (Å²) in [6.07, 6.45) is 0. The van der Waals surface area contributed by atoms with Gasteiger partial charge in [0.25, 0.3) is 5.91 Å². The van der Waals surface area contributed by atoms with E-state index in [1.165, 1.54) is 9.25 Å². The van der Waals surface area contributed by atoms with E-state index in [9.17, 15) is 18.4 Å². The van der Waals surface area contributed by atoms with Gasteiger partial charge in [-0.05, 0) is 43.3 Å². The van der Waals surface area contributed by atoms with E-state index < -0.39 is 23.1 Å². The van der Waals surface area contributed by atoms with Gasteiger partial charge in [-0.3, -0.25) is 9.36 Å². The number of nitrogens with two attached hydrogens (primary N) is 1. The van der Waals surface area contributed by atoms with Gasteiger partial charge in [0.1, 0.15) is 18.0 Å². The fourth-order valence-electron chi connectivity index (χ4n) is 2.62. The highest BCUT2D eigenvalue weighted by Crippen LogP contribution is 2.23. The Morgan fingerprint density at radius 2 is 1.89 bits per heavy atom. The predicted molar refractivity (Wildman–Crippen MR) is 100 cm³/mol. The highest BCUT2D eigenvalue weighted by molar-refractivity contribution is 9.10. The summed E-state index contributed by atoms with van der Waals surface area (Å²) in [5, 5.41) is 4.24. The number of hydrogen-bond acceptors (Lipinski definition) is 4. The van der Waals surface area contributed by atoms with Gasteiger partial charge in [0.05, 0.1) is 5.69 Å². The zero-order valence-electron chi connectivity index (χ0n) is 14.7. The number of hydrogen-bond donors (Lipinski definition) is 1. The average Bonchev–Trinajstić information content (AvgIpc) is 2.97. The summed E-state index contributed by atoms with van der Waals surface area (Å²) in [5.74, 6) is -3.67. The van der Waals surface area contributed by atoms with Crippen LogP contribution in [0.15, 0.2) is 45.7 Å².